The van der Waals surface area contributed by atoms with Crippen molar-refractivity contribution in [2.75, 3.05) is 5.73 Å². The van der Waals surface area contributed by atoms with Crippen LogP contribution in [0.5, 0.6) is 0 Å². The number of hydrogen-bond acceptors (Lipinski definition) is 5. The monoisotopic (exact) mass is 576 g/mol. The van der Waals surface area contributed by atoms with E-state index in [1.165, 1.54) is 30.5 Å². The van der Waals surface area contributed by atoms with Gasteiger partial charge in [0, 0.05) is 16.0 Å². The van der Waals surface area contributed by atoms with E-state index in [0.29, 0.717) is 40.6 Å². The Kier molecular flexibility index (Phi) is 8.49. The molecule has 6 nitrogen and oxygen atoms in total. The topological polar surface area (TPSA) is 101 Å². The summed E-state index contributed by atoms with van der Waals surface area (Å²) < 4.78 is 43.6. The number of nitrogens with zero attached hydrogens (tertiary/aromatic N) is 2. The zero-order valence-electron chi connectivity index (χ0n) is 20.2. The van der Waals surface area contributed by atoms with Gasteiger partial charge < -0.3 is 16.2 Å². The molecular formula is C27H28BrF3N4O2. The Bertz CT molecular complexity index is 1270. The number of hydrogen-bond donors (Lipinski definition) is 3. The van der Waals surface area contributed by atoms with Gasteiger partial charge in [0.2, 0.25) is 0 Å². The van der Waals surface area contributed by atoms with Crippen molar-refractivity contribution in [2.45, 2.75) is 63.3 Å². The number of aliphatic hydroxyl groups is 1. The Morgan fingerprint density at radius 1 is 1.24 bits per heavy atom. The molecule has 3 aromatic rings. The summed E-state index contributed by atoms with van der Waals surface area (Å²) >= 11 is 3.26. The number of aromatic nitrogens is 2. The number of nitrogens with two attached hydrogens (primary N) is 1. The van der Waals surface area contributed by atoms with E-state index in [1.807, 2.05) is 6.92 Å². The molecule has 0 radical (unpaired) electrons. The highest BCUT2D eigenvalue weighted by Gasteiger charge is 2.31. The average Bonchev–Trinajstić information content (AvgIpc) is 2.85. The molecule has 1 amide bonds. The van der Waals surface area contributed by atoms with Crippen molar-refractivity contribution < 1.29 is 23.1 Å². The van der Waals surface area contributed by atoms with Crippen molar-refractivity contribution in [2.24, 2.45) is 0 Å². The normalized spacial score (nSPS) is 20.4. The summed E-state index contributed by atoms with van der Waals surface area (Å²) in [4.78, 5) is 21.7. The predicted molar refractivity (Wildman–Crippen MR) is 139 cm³/mol. The molecule has 37 heavy (non-hydrogen) atoms. The number of alkyl halides is 1. The van der Waals surface area contributed by atoms with E-state index in [1.54, 1.807) is 6.07 Å². The van der Waals surface area contributed by atoms with Gasteiger partial charge in [-0.05, 0) is 61.6 Å². The Hall–Kier alpha value is -2.98. The van der Waals surface area contributed by atoms with Gasteiger partial charge in [0.1, 0.15) is 29.3 Å². The zero-order chi connectivity index (χ0) is 26.7. The van der Waals surface area contributed by atoms with Crippen molar-refractivity contribution in [3.63, 3.8) is 0 Å². The zero-order valence-corrected chi connectivity index (χ0v) is 21.8. The molecule has 4 atom stereocenters. The van der Waals surface area contributed by atoms with Gasteiger partial charge in [-0.3, -0.25) is 4.79 Å². The van der Waals surface area contributed by atoms with Crippen LogP contribution >= 0.6 is 15.9 Å². The summed E-state index contributed by atoms with van der Waals surface area (Å²) in [5.74, 6) is -2.01. The molecule has 0 bridgehead atoms. The van der Waals surface area contributed by atoms with Crippen LogP contribution in [-0.4, -0.2) is 33.3 Å². The molecule has 1 fully saturated rings. The largest absolute Gasteiger partial charge is 0.390 e. The Balaban J connectivity index is 1.56. The second-order valence-corrected chi connectivity index (χ2v) is 10.2. The fourth-order valence-electron chi connectivity index (χ4n) is 4.66. The van der Waals surface area contributed by atoms with Crippen LogP contribution in [0.4, 0.5) is 19.0 Å². The lowest BCUT2D eigenvalue weighted by atomic mass is 9.84. The van der Waals surface area contributed by atoms with E-state index in [0.717, 1.165) is 12.5 Å². The number of benzene rings is 2. The van der Waals surface area contributed by atoms with Gasteiger partial charge in [-0.25, -0.2) is 23.1 Å². The van der Waals surface area contributed by atoms with Crippen molar-refractivity contribution >= 4 is 27.7 Å². The van der Waals surface area contributed by atoms with Crippen LogP contribution < -0.4 is 11.1 Å². The fraction of sp³-hybridized carbons (Fsp3) is 0.370. The molecule has 1 saturated carbocycles. The Labute approximate surface area is 221 Å². The van der Waals surface area contributed by atoms with Crippen LogP contribution in [0.1, 0.15) is 72.6 Å². The highest BCUT2D eigenvalue weighted by molar-refractivity contribution is 9.10. The second-order valence-electron chi connectivity index (χ2n) is 9.33. The fourth-order valence-corrected chi connectivity index (χ4v) is 5.14. The summed E-state index contributed by atoms with van der Waals surface area (Å²) in [6.07, 6.45) is 1.39. The lowest BCUT2D eigenvalue weighted by Crippen LogP contribution is -2.30. The molecule has 4 N–H and O–H groups in total. The third-order valence-corrected chi connectivity index (χ3v) is 7.09. The molecule has 1 aliphatic carbocycles. The number of rotatable bonds is 7. The maximum atomic E-state index is 15.1. The maximum Gasteiger partial charge on any atom is 0.254 e. The molecular weight excluding hydrogens is 549 g/mol. The van der Waals surface area contributed by atoms with Crippen LogP contribution in [0.15, 0.2) is 47.1 Å². The minimum absolute atomic E-state index is 0.0766. The van der Waals surface area contributed by atoms with Crippen molar-refractivity contribution in [3.8, 4) is 11.3 Å². The standard InChI is InChI=1S/C27H28BrF3N4O2/c1-2-3-22(16-8-17(28)12-18(29)9-16)35-27(37)19-6-4-15(11-20(19)30)25-26(32)33-13-23(34-25)14-5-7-24(36)21(31)10-14/h4,6,8-9,11-14,21-22,24,36H,2-3,5,7,10H2,1H3,(H2,32,33)(H,35,37)/t14-,21+,22+,24-/m0/s1. The molecule has 0 unspecified atom stereocenters. The van der Waals surface area contributed by atoms with Gasteiger partial charge >= 0.3 is 0 Å². The molecule has 196 valence electrons. The molecule has 4 rings (SSSR count). The van der Waals surface area contributed by atoms with Gasteiger partial charge in [0.05, 0.1) is 29.6 Å². The molecule has 0 saturated heterocycles. The maximum absolute atomic E-state index is 15.1. The number of halogens is 4. The SMILES string of the molecule is CCC[C@@H](NC(=O)c1ccc(-c2nc([C@H]3CC[C@H](O)[C@H](F)C3)cnc2N)cc1F)c1cc(F)cc(Br)c1. The van der Waals surface area contributed by atoms with Crippen LogP contribution in [0, 0.1) is 11.6 Å². The predicted octanol–water partition coefficient (Wildman–Crippen LogP) is 6.00. The minimum Gasteiger partial charge on any atom is -0.390 e. The third-order valence-electron chi connectivity index (χ3n) is 6.63. The highest BCUT2D eigenvalue weighted by atomic mass is 79.9. The first kappa shape index (κ1) is 27.1. The lowest BCUT2D eigenvalue weighted by Gasteiger charge is -2.28. The summed E-state index contributed by atoms with van der Waals surface area (Å²) in [7, 11) is 0. The molecule has 1 aromatic heterocycles. The van der Waals surface area contributed by atoms with Crippen LogP contribution in [-0.2, 0) is 0 Å². The number of anilines is 1. The highest BCUT2D eigenvalue weighted by Crippen LogP contribution is 2.35. The van der Waals surface area contributed by atoms with Crippen LogP contribution in [0.3, 0.4) is 0 Å². The number of nitrogens with one attached hydrogen (secondary N) is 1. The van der Waals surface area contributed by atoms with Crippen LogP contribution in [0.25, 0.3) is 11.3 Å². The summed E-state index contributed by atoms with van der Waals surface area (Å²) in [6, 6.07) is 7.91. The summed E-state index contributed by atoms with van der Waals surface area (Å²) in [5, 5.41) is 12.5. The molecule has 10 heteroatoms. The molecule has 1 aliphatic rings. The smallest absolute Gasteiger partial charge is 0.254 e. The number of nitrogen functional groups attached to an aromatic ring is 1. The van der Waals surface area contributed by atoms with E-state index < -0.39 is 35.9 Å². The van der Waals surface area contributed by atoms with Crippen molar-refractivity contribution in [1.29, 1.82) is 0 Å². The van der Waals surface area contributed by atoms with Gasteiger partial charge in [0.25, 0.3) is 5.91 Å². The lowest BCUT2D eigenvalue weighted by molar-refractivity contribution is 0.0363. The van der Waals surface area contributed by atoms with Crippen molar-refractivity contribution in [3.05, 3.63) is 75.5 Å². The number of aliphatic hydroxyl groups excluding tert-OH is 1. The minimum atomic E-state index is -1.35. The average molecular weight is 577 g/mol. The van der Waals surface area contributed by atoms with Gasteiger partial charge in [0.15, 0.2) is 0 Å². The van der Waals surface area contributed by atoms with E-state index in [4.69, 9.17) is 5.73 Å². The van der Waals surface area contributed by atoms with E-state index in [-0.39, 0.29) is 29.4 Å². The summed E-state index contributed by atoms with van der Waals surface area (Å²) in [5.41, 5.74) is 7.49. The first-order valence-corrected chi connectivity index (χ1v) is 13.0. The summed E-state index contributed by atoms with van der Waals surface area (Å²) in [6.45, 7) is 1.94. The van der Waals surface area contributed by atoms with Crippen molar-refractivity contribution in [1.82, 2.24) is 15.3 Å². The first-order valence-electron chi connectivity index (χ1n) is 12.2. The number of carbonyl (C=O) groups excluding carboxylic acids is 1. The van der Waals surface area contributed by atoms with Gasteiger partial charge in [-0.1, -0.05) is 35.3 Å². The van der Waals surface area contributed by atoms with E-state index in [2.05, 4.69) is 31.2 Å². The second kappa shape index (κ2) is 11.6. The Morgan fingerprint density at radius 3 is 2.70 bits per heavy atom. The molecule has 2 aromatic carbocycles. The number of carbonyl (C=O) groups is 1. The van der Waals surface area contributed by atoms with E-state index in [9.17, 15) is 18.7 Å². The third kappa shape index (κ3) is 6.30. The molecule has 1 heterocycles. The molecule has 0 aliphatic heterocycles. The molecule has 0 spiro atoms. The Morgan fingerprint density at radius 2 is 2.03 bits per heavy atom. The van der Waals surface area contributed by atoms with Crippen LogP contribution in [0.2, 0.25) is 0 Å². The van der Waals surface area contributed by atoms with Gasteiger partial charge in [-0.15, -0.1) is 0 Å². The van der Waals surface area contributed by atoms with Gasteiger partial charge in [-0.2, -0.15) is 0 Å². The quantitative estimate of drug-likeness (QED) is 0.320. The van der Waals surface area contributed by atoms with E-state index >= 15 is 4.39 Å². The first-order chi connectivity index (χ1) is 17.7. The number of amides is 1.